The molecule has 0 bridgehead atoms. The molecule has 0 heterocycles. The Balaban J connectivity index is 0.00000361. The molecular formula is C11H15KNO4PS2. The van der Waals surface area contributed by atoms with Crippen molar-refractivity contribution in [2.45, 2.75) is 11.8 Å². The Kier molecular flexibility index (Phi) is 9.77. The summed E-state index contributed by atoms with van der Waals surface area (Å²) in [6.07, 6.45) is 1.32. The molecule has 0 saturated heterocycles. The molecule has 0 aromatic heterocycles. The van der Waals surface area contributed by atoms with Crippen molar-refractivity contribution in [3.05, 3.63) is 43.0 Å². The van der Waals surface area contributed by atoms with Gasteiger partial charge < -0.3 is 9.42 Å². The third-order valence-corrected chi connectivity index (χ3v) is 7.54. The predicted octanol–water partition coefficient (Wildman–Crippen LogP) is -1.51. The van der Waals surface area contributed by atoms with Crippen molar-refractivity contribution in [3.8, 4) is 0 Å². The third kappa shape index (κ3) is 5.37. The standard InChI is InChI=1S/C11H16NO4PS2.K/c1-3-10-12(17(13,18)16-4-2)19(14,15)11-8-6-5-7-9-11;/h3,5-9H,1,4,10H2,2H3,(H,13,18);/q;+1/p-1. The second kappa shape index (κ2) is 9.27. The Morgan fingerprint density at radius 1 is 1.45 bits per heavy atom. The summed E-state index contributed by atoms with van der Waals surface area (Å²) in [5, 5.41) is 0. The molecule has 0 radical (unpaired) electrons. The van der Waals surface area contributed by atoms with Gasteiger partial charge in [0, 0.05) is 13.2 Å². The molecule has 0 aliphatic rings. The van der Waals surface area contributed by atoms with Crippen LogP contribution in [0, 0.1) is 0 Å². The number of hydrogen-bond donors (Lipinski definition) is 0. The van der Waals surface area contributed by atoms with Gasteiger partial charge in [0.15, 0.2) is 0 Å². The molecule has 1 atom stereocenters. The minimum atomic E-state index is -3.97. The van der Waals surface area contributed by atoms with E-state index in [-0.39, 0.29) is 69.4 Å². The van der Waals surface area contributed by atoms with Crippen molar-refractivity contribution in [2.75, 3.05) is 13.2 Å². The molecule has 106 valence electrons. The second-order valence-electron chi connectivity index (χ2n) is 3.50. The summed E-state index contributed by atoms with van der Waals surface area (Å²) in [7, 11) is -3.97. The van der Waals surface area contributed by atoms with E-state index < -0.39 is 16.7 Å². The van der Waals surface area contributed by atoms with E-state index in [0.717, 1.165) is 0 Å². The first-order valence-corrected chi connectivity index (χ1v) is 9.54. The van der Waals surface area contributed by atoms with Crippen LogP contribution in [0.5, 0.6) is 0 Å². The van der Waals surface area contributed by atoms with Crippen LogP contribution in [0.4, 0.5) is 0 Å². The Labute approximate surface area is 167 Å². The topological polar surface area (TPSA) is 69.7 Å². The van der Waals surface area contributed by atoms with Crippen LogP contribution in [-0.4, -0.2) is 25.6 Å². The molecular weight excluding hydrogens is 344 g/mol. The van der Waals surface area contributed by atoms with Crippen LogP contribution in [0.15, 0.2) is 47.9 Å². The van der Waals surface area contributed by atoms with Crippen LogP contribution in [0.1, 0.15) is 6.92 Å². The number of nitrogens with zero attached hydrogens (tertiary/aromatic N) is 1. The van der Waals surface area contributed by atoms with Gasteiger partial charge in [-0.1, -0.05) is 36.1 Å². The largest absolute Gasteiger partial charge is 1.00 e. The summed E-state index contributed by atoms with van der Waals surface area (Å²) >= 11 is 4.81. The fraction of sp³-hybridized carbons (Fsp3) is 0.273. The van der Waals surface area contributed by atoms with Gasteiger partial charge in [-0.25, -0.2) is 8.42 Å². The van der Waals surface area contributed by atoms with Crippen molar-refractivity contribution in [3.63, 3.8) is 0 Å². The van der Waals surface area contributed by atoms with E-state index in [2.05, 4.69) is 6.58 Å². The van der Waals surface area contributed by atoms with E-state index in [1.165, 1.54) is 18.2 Å². The summed E-state index contributed by atoms with van der Waals surface area (Å²) in [6.45, 7) is 1.10. The van der Waals surface area contributed by atoms with Crippen molar-refractivity contribution in [2.24, 2.45) is 0 Å². The molecule has 1 aromatic carbocycles. The number of sulfonamides is 1. The van der Waals surface area contributed by atoms with Gasteiger partial charge in [-0.05, 0) is 19.1 Å². The van der Waals surface area contributed by atoms with Crippen LogP contribution in [0.25, 0.3) is 0 Å². The molecule has 1 unspecified atom stereocenters. The first kappa shape index (κ1) is 21.1. The first-order valence-electron chi connectivity index (χ1n) is 5.51. The molecule has 20 heavy (non-hydrogen) atoms. The monoisotopic (exact) mass is 359 g/mol. The van der Waals surface area contributed by atoms with Crippen molar-refractivity contribution < 1.29 is 69.2 Å². The van der Waals surface area contributed by atoms with Gasteiger partial charge in [0.25, 0.3) is 0 Å². The zero-order chi connectivity index (χ0) is 14.5. The molecule has 5 nitrogen and oxygen atoms in total. The third-order valence-electron chi connectivity index (χ3n) is 2.17. The van der Waals surface area contributed by atoms with Crippen LogP contribution in [0.2, 0.25) is 0 Å². The van der Waals surface area contributed by atoms with Crippen LogP contribution < -0.4 is 56.3 Å². The van der Waals surface area contributed by atoms with E-state index in [0.29, 0.717) is 4.08 Å². The normalized spacial score (nSPS) is 14.3. The van der Waals surface area contributed by atoms with Gasteiger partial charge in [0.2, 0.25) is 10.0 Å². The quantitative estimate of drug-likeness (QED) is 0.336. The van der Waals surface area contributed by atoms with E-state index in [4.69, 9.17) is 16.3 Å². The molecule has 0 aliphatic heterocycles. The van der Waals surface area contributed by atoms with Gasteiger partial charge in [-0.3, -0.25) is 0 Å². The van der Waals surface area contributed by atoms with Crippen LogP contribution in [0.3, 0.4) is 0 Å². The van der Waals surface area contributed by atoms with Crippen LogP contribution >= 0.6 is 6.64 Å². The summed E-state index contributed by atoms with van der Waals surface area (Å²) in [6, 6.07) is 7.66. The number of rotatable bonds is 7. The maximum absolute atomic E-state index is 12.4. The van der Waals surface area contributed by atoms with E-state index >= 15 is 0 Å². The predicted molar refractivity (Wildman–Crippen MR) is 76.4 cm³/mol. The molecule has 0 saturated carbocycles. The molecule has 0 spiro atoms. The van der Waals surface area contributed by atoms with E-state index in [9.17, 15) is 13.3 Å². The Morgan fingerprint density at radius 2 is 2.00 bits per heavy atom. The average Bonchev–Trinajstić information content (AvgIpc) is 2.36. The smallest absolute Gasteiger partial charge is 0.789 e. The van der Waals surface area contributed by atoms with Crippen molar-refractivity contribution in [1.29, 1.82) is 0 Å². The minimum absolute atomic E-state index is 0. The van der Waals surface area contributed by atoms with Gasteiger partial charge in [-0.15, -0.1) is 6.58 Å². The molecule has 1 rings (SSSR count). The zero-order valence-corrected chi connectivity index (χ0v) is 17.1. The van der Waals surface area contributed by atoms with Gasteiger partial charge in [-0.2, -0.15) is 4.08 Å². The van der Waals surface area contributed by atoms with E-state index in [1.807, 2.05) is 0 Å². The molecule has 0 N–H and O–H groups in total. The molecule has 1 aromatic rings. The molecule has 0 amide bonds. The summed E-state index contributed by atoms with van der Waals surface area (Å²) in [5.41, 5.74) is 0. The SMILES string of the molecule is C=CCN(P([O-])(=S)OCC)S(=O)(=O)c1ccccc1.[K+]. The van der Waals surface area contributed by atoms with Gasteiger partial charge >= 0.3 is 51.4 Å². The number of benzene rings is 1. The fourth-order valence-corrected chi connectivity index (χ4v) is 5.98. The maximum atomic E-state index is 12.4. The van der Waals surface area contributed by atoms with Gasteiger partial charge in [0.05, 0.1) is 11.5 Å². The fourth-order valence-electron chi connectivity index (χ4n) is 1.38. The Hall–Kier alpha value is 1.08. The Morgan fingerprint density at radius 3 is 2.45 bits per heavy atom. The molecule has 9 heteroatoms. The molecule has 0 aliphatic carbocycles. The van der Waals surface area contributed by atoms with Crippen molar-refractivity contribution >= 4 is 28.5 Å². The van der Waals surface area contributed by atoms with Crippen LogP contribution in [-0.2, 0) is 26.4 Å². The second-order valence-corrected chi connectivity index (χ2v) is 8.69. The van der Waals surface area contributed by atoms with Gasteiger partial charge in [0.1, 0.15) is 0 Å². The number of hydrogen-bond acceptors (Lipinski definition) is 5. The minimum Gasteiger partial charge on any atom is -0.789 e. The summed E-state index contributed by atoms with van der Waals surface area (Å²) in [5.74, 6) is 0. The first-order chi connectivity index (χ1) is 8.86. The van der Waals surface area contributed by atoms with Crippen molar-refractivity contribution in [1.82, 2.24) is 4.08 Å². The summed E-state index contributed by atoms with van der Waals surface area (Å²) < 4.78 is 30.4. The maximum Gasteiger partial charge on any atom is 1.00 e. The van der Waals surface area contributed by atoms with E-state index in [1.54, 1.807) is 25.1 Å². The zero-order valence-electron chi connectivity index (χ0n) is 11.4. The average molecular weight is 359 g/mol. The molecule has 0 fully saturated rings. The summed E-state index contributed by atoms with van der Waals surface area (Å²) in [4.78, 5) is 12.2. The Bertz CT molecular complexity index is 579.